The summed E-state index contributed by atoms with van der Waals surface area (Å²) < 4.78 is 0. The molecule has 1 nitrogen and oxygen atoms in total. The maximum atomic E-state index is 9.31. The fourth-order valence-electron chi connectivity index (χ4n) is 1.89. The van der Waals surface area contributed by atoms with Crippen LogP contribution in [0.2, 0.25) is 0 Å². The highest BCUT2D eigenvalue weighted by atomic mass is 16.3. The first-order valence-electron chi connectivity index (χ1n) is 6.71. The van der Waals surface area contributed by atoms with Crippen molar-refractivity contribution in [3.63, 3.8) is 0 Å². The van der Waals surface area contributed by atoms with Crippen molar-refractivity contribution in [2.24, 2.45) is 5.92 Å². The highest BCUT2D eigenvalue weighted by Gasteiger charge is 2.02. The monoisotopic (exact) mass is 232 g/mol. The van der Waals surface area contributed by atoms with Gasteiger partial charge in [-0.3, -0.25) is 0 Å². The number of unbranched alkanes of at least 4 members (excludes halogenated alkanes) is 3. The smallest absolute Gasteiger partial charge is 0.0493 e. The quantitative estimate of drug-likeness (QED) is 0.663. The second-order valence-electron chi connectivity index (χ2n) is 4.56. The van der Waals surface area contributed by atoms with Crippen molar-refractivity contribution in [1.82, 2.24) is 0 Å². The summed E-state index contributed by atoms with van der Waals surface area (Å²) in [5, 5.41) is 9.31. The molecule has 0 aromatic heterocycles. The largest absolute Gasteiger partial charge is 0.396 e. The van der Waals surface area contributed by atoms with E-state index in [-0.39, 0.29) is 6.61 Å². The highest BCUT2D eigenvalue weighted by molar-refractivity contribution is 5.48. The molecule has 1 atom stereocenters. The van der Waals surface area contributed by atoms with Crippen LogP contribution in [0.15, 0.2) is 36.4 Å². The van der Waals surface area contributed by atoms with Crippen molar-refractivity contribution in [3.05, 3.63) is 42.0 Å². The van der Waals surface area contributed by atoms with Crippen molar-refractivity contribution in [2.75, 3.05) is 6.61 Å². The second kappa shape index (κ2) is 9.00. The Labute approximate surface area is 105 Å². The summed E-state index contributed by atoms with van der Waals surface area (Å²) in [5.74, 6) is 0.312. The zero-order valence-corrected chi connectivity index (χ0v) is 10.8. The van der Waals surface area contributed by atoms with Crippen molar-refractivity contribution >= 4 is 6.08 Å². The van der Waals surface area contributed by atoms with Crippen LogP contribution in [0, 0.1) is 5.92 Å². The van der Waals surface area contributed by atoms with Crippen molar-refractivity contribution in [1.29, 1.82) is 0 Å². The molecule has 0 aliphatic rings. The fraction of sp³-hybridized carbons (Fsp3) is 0.500. The average Bonchev–Trinajstić information content (AvgIpc) is 2.39. The Kier molecular flexibility index (Phi) is 7.40. The van der Waals surface area contributed by atoms with Gasteiger partial charge in [0.05, 0.1) is 0 Å². The van der Waals surface area contributed by atoms with Crippen LogP contribution in [-0.4, -0.2) is 11.7 Å². The number of benzene rings is 1. The van der Waals surface area contributed by atoms with Crippen LogP contribution in [0.25, 0.3) is 6.08 Å². The molecule has 1 heteroatoms. The average molecular weight is 232 g/mol. The Hall–Kier alpha value is -1.08. The van der Waals surface area contributed by atoms with Crippen LogP contribution in [0.4, 0.5) is 0 Å². The molecule has 0 amide bonds. The molecule has 0 heterocycles. The molecule has 1 N–H and O–H groups in total. The zero-order valence-electron chi connectivity index (χ0n) is 10.8. The van der Waals surface area contributed by atoms with E-state index in [0.29, 0.717) is 5.92 Å². The summed E-state index contributed by atoms with van der Waals surface area (Å²) in [7, 11) is 0. The molecular formula is C16H24O. The third-order valence-corrected chi connectivity index (χ3v) is 3.02. The van der Waals surface area contributed by atoms with Crippen LogP contribution >= 0.6 is 0 Å². The molecule has 17 heavy (non-hydrogen) atoms. The lowest BCUT2D eigenvalue weighted by molar-refractivity contribution is 0.243. The van der Waals surface area contributed by atoms with Gasteiger partial charge in [-0.25, -0.2) is 0 Å². The van der Waals surface area contributed by atoms with Gasteiger partial charge in [0.15, 0.2) is 0 Å². The lowest BCUT2D eigenvalue weighted by Crippen LogP contribution is -2.02. The van der Waals surface area contributed by atoms with Crippen LogP contribution < -0.4 is 0 Å². The fourth-order valence-corrected chi connectivity index (χ4v) is 1.89. The van der Waals surface area contributed by atoms with E-state index in [1.54, 1.807) is 0 Å². The summed E-state index contributed by atoms with van der Waals surface area (Å²) in [6, 6.07) is 10.3. The van der Waals surface area contributed by atoms with Crippen molar-refractivity contribution in [3.8, 4) is 0 Å². The predicted octanol–water partition coefficient (Wildman–Crippen LogP) is 4.28. The van der Waals surface area contributed by atoms with Crippen molar-refractivity contribution < 1.29 is 5.11 Å². The maximum absolute atomic E-state index is 9.31. The first-order valence-corrected chi connectivity index (χ1v) is 6.71. The van der Waals surface area contributed by atoms with Gasteiger partial charge in [0.25, 0.3) is 0 Å². The topological polar surface area (TPSA) is 20.2 Å². The van der Waals surface area contributed by atoms with Gasteiger partial charge in [-0.05, 0) is 12.0 Å². The lowest BCUT2D eigenvalue weighted by atomic mass is 10.00. The summed E-state index contributed by atoms with van der Waals surface area (Å²) in [4.78, 5) is 0. The SMILES string of the molecule is CCCCCC[C@H](/C=C/c1ccccc1)CO. The van der Waals surface area contributed by atoms with Crippen LogP contribution in [0.1, 0.15) is 44.6 Å². The van der Waals surface area contributed by atoms with Crippen LogP contribution in [0.3, 0.4) is 0 Å². The number of hydrogen-bond acceptors (Lipinski definition) is 1. The van der Waals surface area contributed by atoms with E-state index >= 15 is 0 Å². The minimum Gasteiger partial charge on any atom is -0.396 e. The standard InChI is InChI=1S/C16H24O/c1-2-3-4-6-11-16(14-17)13-12-15-9-7-5-8-10-15/h5,7-10,12-13,16-17H,2-4,6,11,14H2,1H3/b13-12+/t16-/m1/s1. The van der Waals surface area contributed by atoms with E-state index in [1.165, 1.54) is 31.2 Å². The van der Waals surface area contributed by atoms with Crippen LogP contribution in [-0.2, 0) is 0 Å². The lowest BCUT2D eigenvalue weighted by Gasteiger charge is -2.08. The van der Waals surface area contributed by atoms with E-state index in [1.807, 2.05) is 18.2 Å². The highest BCUT2D eigenvalue weighted by Crippen LogP contribution is 2.13. The molecule has 1 aromatic rings. The van der Waals surface area contributed by atoms with E-state index < -0.39 is 0 Å². The normalized spacial score (nSPS) is 13.1. The van der Waals surface area contributed by atoms with Gasteiger partial charge in [-0.15, -0.1) is 0 Å². The summed E-state index contributed by atoms with van der Waals surface area (Å²) in [6.07, 6.45) is 10.4. The minimum absolute atomic E-state index is 0.259. The van der Waals surface area contributed by atoms with Crippen molar-refractivity contribution in [2.45, 2.75) is 39.0 Å². The van der Waals surface area contributed by atoms with Crippen LogP contribution in [0.5, 0.6) is 0 Å². The van der Waals surface area contributed by atoms with Gasteiger partial charge in [0.2, 0.25) is 0 Å². The first-order chi connectivity index (χ1) is 8.36. The zero-order chi connectivity index (χ0) is 12.3. The van der Waals surface area contributed by atoms with Gasteiger partial charge >= 0.3 is 0 Å². The Bertz CT molecular complexity index is 303. The second-order valence-corrected chi connectivity index (χ2v) is 4.56. The number of aliphatic hydroxyl groups is 1. The number of rotatable bonds is 8. The molecule has 1 aromatic carbocycles. The molecule has 0 saturated carbocycles. The van der Waals surface area contributed by atoms with E-state index in [2.05, 4.69) is 31.2 Å². The molecule has 0 spiro atoms. The number of hydrogen-bond donors (Lipinski definition) is 1. The number of aliphatic hydroxyl groups excluding tert-OH is 1. The maximum Gasteiger partial charge on any atom is 0.0493 e. The van der Waals surface area contributed by atoms with Gasteiger partial charge in [0.1, 0.15) is 0 Å². The van der Waals surface area contributed by atoms with Gasteiger partial charge < -0.3 is 5.11 Å². The van der Waals surface area contributed by atoms with E-state index in [4.69, 9.17) is 0 Å². The molecule has 1 rings (SSSR count). The molecule has 0 bridgehead atoms. The summed E-state index contributed by atoms with van der Waals surface area (Å²) in [6.45, 7) is 2.48. The molecule has 0 fully saturated rings. The third-order valence-electron chi connectivity index (χ3n) is 3.02. The Morgan fingerprint density at radius 1 is 1.12 bits per heavy atom. The Morgan fingerprint density at radius 2 is 1.88 bits per heavy atom. The molecule has 0 aliphatic heterocycles. The first kappa shape index (κ1) is 14.0. The summed E-state index contributed by atoms with van der Waals surface area (Å²) in [5.41, 5.74) is 1.21. The summed E-state index contributed by atoms with van der Waals surface area (Å²) >= 11 is 0. The van der Waals surface area contributed by atoms with Gasteiger partial charge in [0, 0.05) is 12.5 Å². The van der Waals surface area contributed by atoms with E-state index in [0.717, 1.165) is 6.42 Å². The van der Waals surface area contributed by atoms with Gasteiger partial charge in [-0.1, -0.05) is 75.1 Å². The minimum atomic E-state index is 0.259. The Balaban J connectivity index is 2.33. The van der Waals surface area contributed by atoms with E-state index in [9.17, 15) is 5.11 Å². The molecule has 0 radical (unpaired) electrons. The van der Waals surface area contributed by atoms with Gasteiger partial charge in [-0.2, -0.15) is 0 Å². The Morgan fingerprint density at radius 3 is 2.53 bits per heavy atom. The predicted molar refractivity (Wildman–Crippen MR) is 74.8 cm³/mol. The molecule has 94 valence electrons. The third kappa shape index (κ3) is 6.28. The molecular weight excluding hydrogens is 208 g/mol. The molecule has 0 saturated heterocycles. The molecule has 0 aliphatic carbocycles. The molecule has 0 unspecified atom stereocenters.